The van der Waals surface area contributed by atoms with Crippen molar-refractivity contribution < 1.29 is 4.79 Å². The Morgan fingerprint density at radius 2 is 1.62 bits per heavy atom. The van der Waals surface area contributed by atoms with Crippen molar-refractivity contribution >= 4 is 30.7 Å². The second kappa shape index (κ2) is 14.5. The van der Waals surface area contributed by atoms with Crippen LogP contribution in [0.4, 0.5) is 0 Å². The number of nitrogens with zero attached hydrogens (tertiary/aromatic N) is 2. The fourth-order valence-corrected chi connectivity index (χ4v) is 2.86. The fraction of sp³-hybridized carbons (Fsp3) is 0.611. The standard InChI is InChI=1S/C18H31N3O.2ClH/c1-4-17(20(5-2)6-3)18(22)21(15-13-19)14-12-16-10-8-7-9-11-16;;/h7-11,17H,4-6,12-15,19H2,1-3H3;2*1H. The van der Waals surface area contributed by atoms with Gasteiger partial charge in [-0.3, -0.25) is 9.69 Å². The maximum absolute atomic E-state index is 12.9. The van der Waals surface area contributed by atoms with E-state index in [2.05, 4.69) is 37.8 Å². The fourth-order valence-electron chi connectivity index (χ4n) is 2.86. The van der Waals surface area contributed by atoms with Crippen molar-refractivity contribution in [2.45, 2.75) is 39.7 Å². The predicted molar refractivity (Wildman–Crippen MR) is 107 cm³/mol. The van der Waals surface area contributed by atoms with Crippen LogP contribution in [0.15, 0.2) is 30.3 Å². The van der Waals surface area contributed by atoms with Gasteiger partial charge in [0.05, 0.1) is 6.04 Å². The van der Waals surface area contributed by atoms with Crippen molar-refractivity contribution in [1.29, 1.82) is 0 Å². The first-order valence-corrected chi connectivity index (χ1v) is 8.44. The molecule has 1 aromatic rings. The van der Waals surface area contributed by atoms with E-state index in [1.807, 2.05) is 23.1 Å². The van der Waals surface area contributed by atoms with E-state index in [1.54, 1.807) is 0 Å². The van der Waals surface area contributed by atoms with Crippen molar-refractivity contribution in [2.75, 3.05) is 32.7 Å². The molecule has 140 valence electrons. The molecule has 0 aromatic heterocycles. The minimum Gasteiger partial charge on any atom is -0.340 e. The second-order valence-corrected chi connectivity index (χ2v) is 5.49. The van der Waals surface area contributed by atoms with Crippen molar-refractivity contribution in [3.05, 3.63) is 35.9 Å². The van der Waals surface area contributed by atoms with Gasteiger partial charge in [-0.2, -0.15) is 0 Å². The lowest BCUT2D eigenvalue weighted by Crippen LogP contribution is -2.50. The Morgan fingerprint density at radius 1 is 1.04 bits per heavy atom. The van der Waals surface area contributed by atoms with Gasteiger partial charge in [-0.1, -0.05) is 51.1 Å². The van der Waals surface area contributed by atoms with Gasteiger partial charge in [-0.25, -0.2) is 0 Å². The van der Waals surface area contributed by atoms with E-state index in [0.717, 1.165) is 32.5 Å². The molecule has 1 amide bonds. The van der Waals surface area contributed by atoms with Crippen molar-refractivity contribution in [1.82, 2.24) is 9.80 Å². The largest absolute Gasteiger partial charge is 0.340 e. The molecule has 0 fully saturated rings. The van der Waals surface area contributed by atoms with Crippen LogP contribution in [0, 0.1) is 0 Å². The summed E-state index contributed by atoms with van der Waals surface area (Å²) in [4.78, 5) is 17.0. The molecule has 0 aliphatic carbocycles. The lowest BCUT2D eigenvalue weighted by molar-refractivity contribution is -0.137. The molecule has 1 unspecified atom stereocenters. The number of hydrogen-bond acceptors (Lipinski definition) is 3. The number of hydrogen-bond donors (Lipinski definition) is 1. The van der Waals surface area contributed by atoms with Gasteiger partial charge in [0.2, 0.25) is 5.91 Å². The lowest BCUT2D eigenvalue weighted by atomic mass is 10.1. The smallest absolute Gasteiger partial charge is 0.239 e. The van der Waals surface area contributed by atoms with Crippen LogP contribution in [0.25, 0.3) is 0 Å². The van der Waals surface area contributed by atoms with Crippen LogP contribution >= 0.6 is 24.8 Å². The van der Waals surface area contributed by atoms with E-state index in [-0.39, 0.29) is 36.8 Å². The summed E-state index contributed by atoms with van der Waals surface area (Å²) in [6.07, 6.45) is 1.72. The second-order valence-electron chi connectivity index (χ2n) is 5.49. The average molecular weight is 378 g/mol. The topological polar surface area (TPSA) is 49.6 Å². The summed E-state index contributed by atoms with van der Waals surface area (Å²) < 4.78 is 0. The summed E-state index contributed by atoms with van der Waals surface area (Å²) in [6.45, 7) is 9.97. The van der Waals surface area contributed by atoms with Crippen LogP contribution in [-0.4, -0.2) is 54.5 Å². The molecule has 1 rings (SSSR count). The highest BCUT2D eigenvalue weighted by atomic mass is 35.5. The van der Waals surface area contributed by atoms with Crippen LogP contribution in [-0.2, 0) is 11.2 Å². The van der Waals surface area contributed by atoms with Crippen molar-refractivity contribution in [2.24, 2.45) is 5.73 Å². The summed E-state index contributed by atoms with van der Waals surface area (Å²) in [5.41, 5.74) is 6.97. The Kier molecular flexibility index (Phi) is 15.4. The van der Waals surface area contributed by atoms with E-state index < -0.39 is 0 Å². The molecule has 6 heteroatoms. The van der Waals surface area contributed by atoms with Gasteiger partial charge in [0, 0.05) is 19.6 Å². The monoisotopic (exact) mass is 377 g/mol. The Morgan fingerprint density at radius 3 is 2.08 bits per heavy atom. The zero-order chi connectivity index (χ0) is 16.4. The minimum absolute atomic E-state index is 0. The van der Waals surface area contributed by atoms with Gasteiger partial charge < -0.3 is 10.6 Å². The Hall–Kier alpha value is -0.810. The molecule has 0 spiro atoms. The van der Waals surface area contributed by atoms with E-state index in [1.165, 1.54) is 5.56 Å². The molecular weight excluding hydrogens is 345 g/mol. The Labute approximate surface area is 159 Å². The number of benzene rings is 1. The first-order valence-electron chi connectivity index (χ1n) is 8.44. The van der Waals surface area contributed by atoms with Crippen LogP contribution in [0.2, 0.25) is 0 Å². The maximum atomic E-state index is 12.9. The molecular formula is C18H33Cl2N3O. The van der Waals surface area contributed by atoms with Gasteiger partial charge in [-0.15, -0.1) is 24.8 Å². The van der Waals surface area contributed by atoms with Crippen molar-refractivity contribution in [3.63, 3.8) is 0 Å². The van der Waals surface area contributed by atoms with Crippen LogP contribution in [0.3, 0.4) is 0 Å². The molecule has 1 atom stereocenters. The molecule has 0 radical (unpaired) electrons. The number of halogens is 2. The SMILES string of the molecule is CCC(C(=O)N(CCN)CCc1ccccc1)N(CC)CC.Cl.Cl. The molecule has 0 aliphatic rings. The number of nitrogens with two attached hydrogens (primary N) is 1. The maximum Gasteiger partial charge on any atom is 0.239 e. The summed E-state index contributed by atoms with van der Waals surface area (Å²) in [5.74, 6) is 0.215. The zero-order valence-corrected chi connectivity index (χ0v) is 16.7. The number of rotatable bonds is 10. The van der Waals surface area contributed by atoms with Gasteiger partial charge in [0.15, 0.2) is 0 Å². The molecule has 24 heavy (non-hydrogen) atoms. The first kappa shape index (κ1) is 25.4. The summed E-state index contributed by atoms with van der Waals surface area (Å²) in [5, 5.41) is 0. The minimum atomic E-state index is -0.0303. The summed E-state index contributed by atoms with van der Waals surface area (Å²) in [7, 11) is 0. The van der Waals surface area contributed by atoms with Gasteiger partial charge in [0.25, 0.3) is 0 Å². The molecule has 0 heterocycles. The number of carbonyl (C=O) groups is 1. The van der Waals surface area contributed by atoms with Crippen LogP contribution in [0.5, 0.6) is 0 Å². The molecule has 2 N–H and O–H groups in total. The number of carbonyl (C=O) groups excluding carboxylic acids is 1. The van der Waals surface area contributed by atoms with Crippen LogP contribution < -0.4 is 5.73 Å². The van der Waals surface area contributed by atoms with E-state index in [4.69, 9.17) is 5.73 Å². The van der Waals surface area contributed by atoms with Crippen molar-refractivity contribution in [3.8, 4) is 0 Å². The zero-order valence-electron chi connectivity index (χ0n) is 15.1. The molecule has 1 aromatic carbocycles. The lowest BCUT2D eigenvalue weighted by Gasteiger charge is -2.33. The van der Waals surface area contributed by atoms with Gasteiger partial charge in [0.1, 0.15) is 0 Å². The van der Waals surface area contributed by atoms with Crippen LogP contribution in [0.1, 0.15) is 32.8 Å². The molecule has 0 saturated carbocycles. The predicted octanol–water partition coefficient (Wildman–Crippen LogP) is 2.98. The number of likely N-dealkylation sites (N-methyl/N-ethyl adjacent to an activating group) is 1. The Balaban J connectivity index is 0. The molecule has 4 nitrogen and oxygen atoms in total. The van der Waals surface area contributed by atoms with E-state index in [9.17, 15) is 4.79 Å². The molecule has 0 aliphatic heterocycles. The highest BCUT2D eigenvalue weighted by molar-refractivity contribution is 5.85. The third-order valence-electron chi connectivity index (χ3n) is 4.15. The summed E-state index contributed by atoms with van der Waals surface area (Å²) >= 11 is 0. The third kappa shape index (κ3) is 7.84. The summed E-state index contributed by atoms with van der Waals surface area (Å²) in [6, 6.07) is 10.3. The number of amides is 1. The molecule has 0 saturated heterocycles. The van der Waals surface area contributed by atoms with Gasteiger partial charge in [-0.05, 0) is 31.5 Å². The van der Waals surface area contributed by atoms with E-state index in [0.29, 0.717) is 13.1 Å². The van der Waals surface area contributed by atoms with Gasteiger partial charge >= 0.3 is 0 Å². The van der Waals surface area contributed by atoms with E-state index >= 15 is 0 Å². The average Bonchev–Trinajstić information content (AvgIpc) is 2.56. The normalized spacial score (nSPS) is 11.4. The third-order valence-corrected chi connectivity index (χ3v) is 4.15. The first-order chi connectivity index (χ1) is 10.7. The Bertz CT molecular complexity index is 428. The quantitative estimate of drug-likeness (QED) is 0.681. The highest BCUT2D eigenvalue weighted by Crippen LogP contribution is 2.10. The highest BCUT2D eigenvalue weighted by Gasteiger charge is 2.26. The molecule has 0 bridgehead atoms.